The fourth-order valence-corrected chi connectivity index (χ4v) is 14.9. The molecule has 2 fully saturated rings. The molecule has 2 aliphatic rings. The van der Waals surface area contributed by atoms with Crippen LogP contribution in [0.2, 0.25) is 67.0 Å². The predicted molar refractivity (Wildman–Crippen MR) is 598 cm³/mol. The Balaban J connectivity index is 0.000000329. The molecule has 4 N–H and O–H groups in total. The first-order valence-corrected chi connectivity index (χ1v) is 57.7. The summed E-state index contributed by atoms with van der Waals surface area (Å²) in [4.78, 5) is 31.9. The number of rotatable bonds is 17. The van der Waals surface area contributed by atoms with Gasteiger partial charge in [0.05, 0.1) is 11.2 Å². The molecule has 717 valence electrons. The molecular formula is C110H137B3BrCl2I2O14Si3. The Morgan fingerprint density at radius 1 is 0.400 bits per heavy atom. The minimum Gasteiger partial charge on any atom is -0.544 e. The van der Waals surface area contributed by atoms with E-state index in [-0.39, 0.29) is 48.3 Å². The van der Waals surface area contributed by atoms with Crippen LogP contribution in [0.3, 0.4) is 0 Å². The highest BCUT2D eigenvalue weighted by atomic mass is 127. The maximum atomic E-state index is 11.2. The number of ether oxygens (including phenoxy) is 2. The van der Waals surface area contributed by atoms with Crippen molar-refractivity contribution in [1.82, 2.24) is 0 Å². The largest absolute Gasteiger partial charge is 0.544 e. The second-order valence-corrected chi connectivity index (χ2v) is 60.1. The molecule has 0 atom stereocenters. The molecule has 2 heterocycles. The smallest absolute Gasteiger partial charge is 0.494 e. The van der Waals surface area contributed by atoms with Crippen LogP contribution in [0.1, 0.15) is 132 Å². The summed E-state index contributed by atoms with van der Waals surface area (Å²) < 4.78 is 44.2. The van der Waals surface area contributed by atoms with E-state index in [0.29, 0.717) is 51.9 Å². The number of esters is 2. The van der Waals surface area contributed by atoms with Gasteiger partial charge in [0.2, 0.25) is 21.9 Å². The van der Waals surface area contributed by atoms with Crippen LogP contribution < -0.4 is 23.8 Å². The first-order valence-electron chi connectivity index (χ1n) is 44.5. The van der Waals surface area contributed by atoms with Crippen LogP contribution in [0, 0.1) is 18.0 Å². The van der Waals surface area contributed by atoms with Gasteiger partial charge in [-0.05, 0) is 364 Å². The van der Waals surface area contributed by atoms with Gasteiger partial charge in [-0.3, -0.25) is 4.79 Å². The van der Waals surface area contributed by atoms with E-state index in [2.05, 4.69) is 300 Å². The number of carbonyl (C=O) groups is 3. The molecule has 0 aliphatic carbocycles. The van der Waals surface area contributed by atoms with E-state index in [0.717, 1.165) is 98.9 Å². The second kappa shape index (κ2) is 52.9. The third kappa shape index (κ3) is 40.0. The summed E-state index contributed by atoms with van der Waals surface area (Å²) in [7, 11) is -5.17. The molecule has 0 saturated carbocycles. The highest BCUT2D eigenvalue weighted by molar-refractivity contribution is 14.1. The van der Waals surface area contributed by atoms with Crippen molar-refractivity contribution in [3.63, 3.8) is 0 Å². The number of allylic oxidation sites excluding steroid dienone is 1. The lowest BCUT2D eigenvalue weighted by molar-refractivity contribution is -0.129. The third-order valence-corrected chi connectivity index (χ3v) is 40.6. The van der Waals surface area contributed by atoms with Gasteiger partial charge in [0.1, 0.15) is 46.0 Å². The molecule has 2 saturated heterocycles. The van der Waals surface area contributed by atoms with E-state index < -0.39 is 41.2 Å². The van der Waals surface area contributed by atoms with E-state index in [1.54, 1.807) is 72.8 Å². The molecule has 3 radical (unpaired) electrons. The van der Waals surface area contributed by atoms with Crippen molar-refractivity contribution in [2.24, 2.45) is 10.8 Å². The lowest BCUT2D eigenvalue weighted by Crippen LogP contribution is -2.44. The predicted octanol–water partition coefficient (Wildman–Crippen LogP) is 31.8. The fourth-order valence-electron chi connectivity index (χ4n) is 11.8. The van der Waals surface area contributed by atoms with Crippen LogP contribution >= 0.6 is 83.8 Å². The quantitative estimate of drug-likeness (QED) is 0.0128. The number of aromatic hydroxyl groups is 4. The summed E-state index contributed by atoms with van der Waals surface area (Å²) in [5, 5.41) is 36.8. The van der Waals surface area contributed by atoms with Crippen LogP contribution in [-0.4, -0.2) is 101 Å². The van der Waals surface area contributed by atoms with Gasteiger partial charge >= 0.3 is 19.1 Å². The summed E-state index contributed by atoms with van der Waals surface area (Å²) in [6.45, 7) is 65.8. The van der Waals surface area contributed by atoms with Gasteiger partial charge in [-0.1, -0.05) is 272 Å². The minimum absolute atomic E-state index is 0. The Bertz CT molecular complexity index is 5240. The van der Waals surface area contributed by atoms with Gasteiger partial charge in [-0.15, -0.1) is 0 Å². The Hall–Kier alpha value is -8.70. The van der Waals surface area contributed by atoms with Gasteiger partial charge in [-0.25, -0.2) is 9.59 Å². The summed E-state index contributed by atoms with van der Waals surface area (Å²) in [6.07, 6.45) is 6.08. The molecule has 0 spiro atoms. The Kier molecular flexibility index (Phi) is 46.5. The van der Waals surface area contributed by atoms with Crippen molar-refractivity contribution in [3.05, 3.63) is 316 Å². The zero-order valence-electron chi connectivity index (χ0n) is 83.2. The lowest BCUT2D eigenvalue weighted by Gasteiger charge is -2.36. The van der Waals surface area contributed by atoms with Crippen molar-refractivity contribution in [1.29, 1.82) is 0 Å². The van der Waals surface area contributed by atoms with Gasteiger partial charge in [0.25, 0.3) is 6.92 Å². The van der Waals surface area contributed by atoms with Gasteiger partial charge in [0.15, 0.2) is 7.38 Å². The third-order valence-electron chi connectivity index (χ3n) is 24.5. The van der Waals surface area contributed by atoms with Crippen molar-refractivity contribution in [2.75, 3.05) is 0 Å². The van der Waals surface area contributed by atoms with E-state index in [1.807, 2.05) is 146 Å². The van der Waals surface area contributed by atoms with Gasteiger partial charge in [-0.2, -0.15) is 11.1 Å². The molecule has 11 aromatic rings. The summed E-state index contributed by atoms with van der Waals surface area (Å²) in [5.41, 5.74) is 12.0. The maximum Gasteiger partial charge on any atom is 0.494 e. The van der Waals surface area contributed by atoms with Gasteiger partial charge < -0.3 is 52.7 Å². The van der Waals surface area contributed by atoms with Crippen molar-refractivity contribution < 1.29 is 67.1 Å². The number of phenols is 4. The summed E-state index contributed by atoms with van der Waals surface area (Å²) in [5.74, 6) is 3.08. The second-order valence-electron chi connectivity index (χ2n) is 39.6. The maximum absolute atomic E-state index is 11.2. The molecule has 0 amide bonds. The van der Waals surface area contributed by atoms with E-state index in [4.69, 9.17) is 65.2 Å². The number of benzene rings is 11. The molecule has 14 nitrogen and oxygen atoms in total. The molecule has 135 heavy (non-hydrogen) atoms. The molecule has 0 unspecified atom stereocenters. The standard InChI is InChI=1S/C24H18O4.C18H31BO3Si.C18H14O2.C12H9BrO.C12H19IOSi.C11H23BO.C6H15ClSi.C6H5IO.C3H3ClO.B/c1-3-23(25)27-21-13-9-19(10-14-21)17-5-7-18(8-6-17)20-11-15-22(16-12-20)28-24(26)4-2;1-16(2,3)23(8,9)20-15-12-10-14(11-13-15)19-21-17(4,5)18(6,7)22-19;19-17-9-5-15(6-10-17)13-1-2-14(4-3-13)16-7-11-18(20)12-8-16;13-11-5-1-9(2-6-11)10-3-7-12(14)8-4-10;1-12(2,3)15(4,5)14-11-8-6-10(13)7-9-11;1-9(2)13-12-7-10(3,4)11(5,6)8-12;1-6(2,3)8(4,5)7;7-5-1-3-6(8)4-2-5;1-2-3(4)5;/h3-16H,1-2H2;10-13H,1-9H3;1-12,19-20H;1-8,14H;6-9H,1-5H3;9H,7-8H2,1-6H3;1-5H3;1-4,8H;2H,1H2;. The average molecular weight is 2200 g/mol. The Morgan fingerprint density at radius 3 is 0.837 bits per heavy atom. The zero-order chi connectivity index (χ0) is 101. The van der Waals surface area contributed by atoms with Crippen LogP contribution in [0.25, 0.3) is 55.6 Å². The van der Waals surface area contributed by atoms with Crippen molar-refractivity contribution in [3.8, 4) is 102 Å². The van der Waals surface area contributed by atoms with Crippen LogP contribution in [0.4, 0.5) is 0 Å². The van der Waals surface area contributed by atoms with Crippen LogP contribution in [0.5, 0.6) is 46.0 Å². The van der Waals surface area contributed by atoms with Crippen LogP contribution in [0.15, 0.2) is 309 Å². The zero-order valence-corrected chi connectivity index (χ0v) is 93.7. The Morgan fingerprint density at radius 2 is 0.615 bits per heavy atom. The first-order chi connectivity index (χ1) is 62.1. The molecule has 13 rings (SSSR count). The van der Waals surface area contributed by atoms with E-state index in [1.165, 1.54) is 16.2 Å². The van der Waals surface area contributed by atoms with E-state index in [9.17, 15) is 24.6 Å². The SMILES string of the molecule is C=CC(=O)Cl.C=CC(=O)Oc1ccc(-c2ccc(-c3ccc(OC(=O)C=C)cc3)cc2)cc1.CC(C)(C)[Si](C)(C)Cl.CC(C)(C)[Si](C)(C)Oc1ccc(I)cc1.CC(C)OB1CC(C)(C)C(C)(C)C1.CC1(C)OB(c2ccc(O[Si](C)(C)C(C)(C)C)cc2)OC1(C)C.Oc1ccc(-c2ccc(-c3ccc(O)cc3)cc2)cc1.Oc1ccc(-c2ccc(Br)cc2)cc1.Oc1ccc(I)cc1.[B]. The molecule has 0 aromatic heterocycles. The molecular weight excluding hydrogens is 2070 g/mol. The molecule has 25 heteroatoms. The summed E-state index contributed by atoms with van der Waals surface area (Å²) >= 11 is 18.7. The average Bonchev–Trinajstić information content (AvgIpc) is 1.35. The summed E-state index contributed by atoms with van der Waals surface area (Å²) in [6, 6.07) is 83.9. The van der Waals surface area contributed by atoms with E-state index >= 15 is 0 Å². The number of phenolic OH excluding ortho intramolecular Hbond substituents is 4. The number of carbonyl (C=O) groups excluding carboxylic acids is 3. The van der Waals surface area contributed by atoms with Crippen molar-refractivity contribution >= 4 is 153 Å². The number of halogens is 5. The fraction of sp³-hybridized carbons (Fsp3) is 0.318. The Labute approximate surface area is 857 Å². The highest BCUT2D eigenvalue weighted by Crippen LogP contribution is 2.53. The highest BCUT2D eigenvalue weighted by Gasteiger charge is 2.52. The normalized spacial score (nSPS) is 13.7. The molecule has 2 aliphatic heterocycles. The number of hydrogen-bond acceptors (Lipinski definition) is 14. The van der Waals surface area contributed by atoms with Crippen molar-refractivity contribution in [2.45, 2.75) is 216 Å². The number of hydrogen-bond donors (Lipinski definition) is 4. The first kappa shape index (κ1) is 119. The topological polar surface area (TPSA) is 197 Å². The van der Waals surface area contributed by atoms with Gasteiger partial charge in [0, 0.05) is 38.3 Å². The monoisotopic (exact) mass is 2200 g/mol. The molecule has 11 aromatic carbocycles. The lowest BCUT2D eigenvalue weighted by atomic mass is 9.63. The van der Waals surface area contributed by atoms with Crippen LogP contribution in [-0.2, 0) is 28.3 Å². The molecule has 0 bridgehead atoms. The minimum atomic E-state index is -1.80.